The summed E-state index contributed by atoms with van der Waals surface area (Å²) in [4.78, 5) is 4.81. The summed E-state index contributed by atoms with van der Waals surface area (Å²) >= 11 is 1.75. The fraction of sp³-hybridized carbons (Fsp3) is 0.500. The average Bonchev–Trinajstić information content (AvgIpc) is 2.85. The summed E-state index contributed by atoms with van der Waals surface area (Å²) in [5.74, 6) is 1.46. The van der Waals surface area contributed by atoms with Gasteiger partial charge in [0.15, 0.2) is 0 Å². The molecule has 0 radical (unpaired) electrons. The summed E-state index contributed by atoms with van der Waals surface area (Å²) in [6, 6.07) is 10.4. The van der Waals surface area contributed by atoms with E-state index >= 15 is 0 Å². The topological polar surface area (TPSA) is 38.9 Å². The molecule has 2 atom stereocenters. The van der Waals surface area contributed by atoms with Gasteiger partial charge in [0.1, 0.15) is 0 Å². The molecular formula is C18H24N2S. The van der Waals surface area contributed by atoms with Crippen LogP contribution in [0.5, 0.6) is 0 Å². The molecule has 0 bridgehead atoms. The molecule has 3 rings (SSSR count). The van der Waals surface area contributed by atoms with Crippen molar-refractivity contribution in [1.29, 1.82) is 0 Å². The Bertz CT molecular complexity index is 580. The summed E-state index contributed by atoms with van der Waals surface area (Å²) in [5.41, 5.74) is 8.89. The summed E-state index contributed by atoms with van der Waals surface area (Å²) in [6.07, 6.45) is 4.47. The van der Waals surface area contributed by atoms with Crippen LogP contribution in [0.3, 0.4) is 0 Å². The van der Waals surface area contributed by atoms with Gasteiger partial charge in [0.05, 0.1) is 10.7 Å². The van der Waals surface area contributed by atoms with Gasteiger partial charge in [0.2, 0.25) is 0 Å². The molecule has 112 valence electrons. The zero-order chi connectivity index (χ0) is 14.9. The second-order valence-corrected chi connectivity index (χ2v) is 7.83. The number of hydrogen-bond donors (Lipinski definition) is 1. The molecule has 0 amide bonds. The molecule has 21 heavy (non-hydrogen) atoms. The van der Waals surface area contributed by atoms with E-state index in [2.05, 4.69) is 43.5 Å². The van der Waals surface area contributed by atoms with Gasteiger partial charge in [-0.3, -0.25) is 0 Å². The summed E-state index contributed by atoms with van der Waals surface area (Å²) in [6.45, 7) is 4.66. The van der Waals surface area contributed by atoms with E-state index in [1.807, 2.05) is 6.07 Å². The largest absolute Gasteiger partial charge is 0.325 e. The number of thiazole rings is 1. The van der Waals surface area contributed by atoms with E-state index in [1.165, 1.54) is 17.0 Å². The summed E-state index contributed by atoms with van der Waals surface area (Å²) < 4.78 is 0. The zero-order valence-electron chi connectivity index (χ0n) is 12.9. The Morgan fingerprint density at radius 2 is 1.86 bits per heavy atom. The molecule has 2 unspecified atom stereocenters. The van der Waals surface area contributed by atoms with Gasteiger partial charge in [-0.15, -0.1) is 11.3 Å². The van der Waals surface area contributed by atoms with Crippen LogP contribution in [0, 0.1) is 11.8 Å². The SMILES string of the molecule is CC1CC(C)CC(N)(Cc2nc(-c3ccccc3)cs2)C1. The highest BCUT2D eigenvalue weighted by Crippen LogP contribution is 2.37. The number of rotatable bonds is 3. The highest BCUT2D eigenvalue weighted by molar-refractivity contribution is 7.09. The van der Waals surface area contributed by atoms with Crippen LogP contribution in [0.1, 0.15) is 38.1 Å². The van der Waals surface area contributed by atoms with E-state index in [0.29, 0.717) is 0 Å². The molecule has 1 aromatic carbocycles. The second kappa shape index (κ2) is 5.90. The van der Waals surface area contributed by atoms with Gasteiger partial charge < -0.3 is 5.73 Å². The Hall–Kier alpha value is -1.19. The third-order valence-electron chi connectivity index (χ3n) is 4.44. The van der Waals surface area contributed by atoms with Crippen molar-refractivity contribution in [2.45, 2.75) is 45.1 Å². The Morgan fingerprint density at radius 1 is 1.19 bits per heavy atom. The van der Waals surface area contributed by atoms with Crippen LogP contribution >= 0.6 is 11.3 Å². The monoisotopic (exact) mass is 300 g/mol. The minimum Gasteiger partial charge on any atom is -0.325 e. The van der Waals surface area contributed by atoms with Crippen molar-refractivity contribution in [3.63, 3.8) is 0 Å². The molecule has 1 aromatic heterocycles. The molecule has 0 spiro atoms. The van der Waals surface area contributed by atoms with Gasteiger partial charge in [-0.1, -0.05) is 44.2 Å². The molecule has 1 heterocycles. The quantitative estimate of drug-likeness (QED) is 0.906. The highest BCUT2D eigenvalue weighted by atomic mass is 32.1. The van der Waals surface area contributed by atoms with Gasteiger partial charge in [-0.05, 0) is 31.1 Å². The van der Waals surface area contributed by atoms with Crippen molar-refractivity contribution < 1.29 is 0 Å². The first-order chi connectivity index (χ1) is 10.0. The van der Waals surface area contributed by atoms with Crippen molar-refractivity contribution in [3.05, 3.63) is 40.7 Å². The predicted molar refractivity (Wildman–Crippen MR) is 90.4 cm³/mol. The van der Waals surface area contributed by atoms with E-state index in [1.54, 1.807) is 11.3 Å². The van der Waals surface area contributed by atoms with Crippen LogP contribution in [0.25, 0.3) is 11.3 Å². The number of aromatic nitrogens is 1. The van der Waals surface area contributed by atoms with Crippen LogP contribution in [0.2, 0.25) is 0 Å². The van der Waals surface area contributed by atoms with Gasteiger partial charge in [-0.25, -0.2) is 4.98 Å². The number of benzene rings is 1. The highest BCUT2D eigenvalue weighted by Gasteiger charge is 2.35. The predicted octanol–water partition coefficient (Wildman–Crippen LogP) is 4.51. The first-order valence-electron chi connectivity index (χ1n) is 7.83. The van der Waals surface area contributed by atoms with Crippen LogP contribution in [0.4, 0.5) is 0 Å². The molecule has 3 heteroatoms. The Labute approximate surface area is 131 Å². The summed E-state index contributed by atoms with van der Waals surface area (Å²) in [5, 5.41) is 3.33. The number of nitrogens with two attached hydrogens (primary N) is 1. The lowest BCUT2D eigenvalue weighted by molar-refractivity contribution is 0.182. The van der Waals surface area contributed by atoms with E-state index in [-0.39, 0.29) is 5.54 Å². The van der Waals surface area contributed by atoms with Crippen LogP contribution in [-0.2, 0) is 6.42 Å². The van der Waals surface area contributed by atoms with Crippen molar-refractivity contribution in [2.75, 3.05) is 0 Å². The van der Waals surface area contributed by atoms with Crippen molar-refractivity contribution in [2.24, 2.45) is 17.6 Å². The van der Waals surface area contributed by atoms with Gasteiger partial charge in [-0.2, -0.15) is 0 Å². The van der Waals surface area contributed by atoms with Gasteiger partial charge in [0.25, 0.3) is 0 Å². The fourth-order valence-electron chi connectivity index (χ4n) is 3.90. The summed E-state index contributed by atoms with van der Waals surface area (Å²) in [7, 11) is 0. The van der Waals surface area contributed by atoms with Gasteiger partial charge >= 0.3 is 0 Å². The number of hydrogen-bond acceptors (Lipinski definition) is 3. The van der Waals surface area contributed by atoms with Crippen LogP contribution < -0.4 is 5.73 Å². The fourth-order valence-corrected chi connectivity index (χ4v) is 4.86. The molecule has 2 nitrogen and oxygen atoms in total. The molecule has 2 aromatic rings. The molecule has 0 saturated heterocycles. The lowest BCUT2D eigenvalue weighted by Gasteiger charge is -2.39. The van der Waals surface area contributed by atoms with E-state index in [0.717, 1.165) is 36.8 Å². The molecule has 1 aliphatic rings. The maximum Gasteiger partial charge on any atom is 0.0950 e. The maximum atomic E-state index is 6.69. The third kappa shape index (κ3) is 3.53. The smallest absolute Gasteiger partial charge is 0.0950 e. The van der Waals surface area contributed by atoms with Crippen LogP contribution in [-0.4, -0.2) is 10.5 Å². The van der Waals surface area contributed by atoms with Gasteiger partial charge in [0, 0.05) is 22.9 Å². The van der Waals surface area contributed by atoms with Crippen LogP contribution in [0.15, 0.2) is 35.7 Å². The van der Waals surface area contributed by atoms with Crippen molar-refractivity contribution >= 4 is 11.3 Å². The normalized spacial score (nSPS) is 29.5. The molecule has 1 saturated carbocycles. The Kier molecular flexibility index (Phi) is 4.14. The molecule has 0 aliphatic heterocycles. The zero-order valence-corrected chi connectivity index (χ0v) is 13.7. The van der Waals surface area contributed by atoms with E-state index < -0.39 is 0 Å². The lowest BCUT2D eigenvalue weighted by atomic mass is 9.71. The maximum absolute atomic E-state index is 6.69. The first-order valence-corrected chi connectivity index (χ1v) is 8.71. The average molecular weight is 300 g/mol. The number of nitrogens with zero attached hydrogens (tertiary/aromatic N) is 1. The molecular weight excluding hydrogens is 276 g/mol. The molecule has 2 N–H and O–H groups in total. The Balaban J connectivity index is 1.75. The van der Waals surface area contributed by atoms with E-state index in [9.17, 15) is 0 Å². The standard InChI is InChI=1S/C18H24N2S/c1-13-8-14(2)10-18(19,9-13)11-17-20-16(12-21-17)15-6-4-3-5-7-15/h3-7,12-14H,8-11,19H2,1-2H3. The Morgan fingerprint density at radius 3 is 2.52 bits per heavy atom. The first kappa shape index (κ1) is 14.7. The van der Waals surface area contributed by atoms with Crippen molar-refractivity contribution in [1.82, 2.24) is 4.98 Å². The lowest BCUT2D eigenvalue weighted by Crippen LogP contribution is -2.48. The third-order valence-corrected chi connectivity index (χ3v) is 5.29. The van der Waals surface area contributed by atoms with Crippen molar-refractivity contribution in [3.8, 4) is 11.3 Å². The molecule has 1 fully saturated rings. The second-order valence-electron chi connectivity index (χ2n) is 6.89. The minimum atomic E-state index is -0.0666. The minimum absolute atomic E-state index is 0.0666. The van der Waals surface area contributed by atoms with E-state index in [4.69, 9.17) is 10.7 Å². The molecule has 1 aliphatic carbocycles.